The van der Waals surface area contributed by atoms with Crippen molar-refractivity contribution in [3.05, 3.63) is 59.9 Å². The summed E-state index contributed by atoms with van der Waals surface area (Å²) in [5.74, 6) is 1.97. The SMILES string of the molecule is CCC(C)C1=C[CH]C(Oc2ccc(NS(=O)(=O)CC)cc2C2=CN(C)C(=O)C3NCCC23)=CC1.[HH].[HH]. The van der Waals surface area contributed by atoms with E-state index in [1.54, 1.807) is 31.0 Å². The topological polar surface area (TPSA) is 87.7 Å². The van der Waals surface area contributed by atoms with Crippen LogP contribution in [0, 0.1) is 18.3 Å². The second kappa shape index (κ2) is 9.96. The number of amides is 1. The molecule has 0 saturated carbocycles. The first-order chi connectivity index (χ1) is 16.2. The Labute approximate surface area is 206 Å². The van der Waals surface area contributed by atoms with Crippen LogP contribution in [0.4, 0.5) is 5.69 Å². The number of rotatable bonds is 8. The summed E-state index contributed by atoms with van der Waals surface area (Å²) in [6.07, 6.45) is 10.8. The summed E-state index contributed by atoms with van der Waals surface area (Å²) in [5, 5.41) is 3.31. The minimum Gasteiger partial charge on any atom is -0.461 e. The molecule has 4 rings (SSSR count). The van der Waals surface area contributed by atoms with Gasteiger partial charge in [0.25, 0.3) is 0 Å². The van der Waals surface area contributed by atoms with Gasteiger partial charge in [0.05, 0.1) is 11.8 Å². The molecular weight excluding hydrogens is 450 g/mol. The van der Waals surface area contributed by atoms with Gasteiger partial charge in [0.1, 0.15) is 11.5 Å². The Bertz CT molecular complexity index is 1160. The molecule has 1 radical (unpaired) electrons. The van der Waals surface area contributed by atoms with Crippen molar-refractivity contribution in [3.8, 4) is 5.75 Å². The van der Waals surface area contributed by atoms with Crippen LogP contribution in [0.15, 0.2) is 47.9 Å². The van der Waals surface area contributed by atoms with E-state index in [4.69, 9.17) is 4.74 Å². The molecule has 7 nitrogen and oxygen atoms in total. The van der Waals surface area contributed by atoms with Crippen LogP contribution in [-0.4, -0.2) is 44.6 Å². The lowest BCUT2D eigenvalue weighted by atomic mass is 9.84. The zero-order chi connectivity index (χ0) is 24.5. The lowest BCUT2D eigenvalue weighted by Crippen LogP contribution is -2.46. The fourth-order valence-electron chi connectivity index (χ4n) is 4.69. The van der Waals surface area contributed by atoms with E-state index in [0.717, 1.165) is 42.7 Å². The molecule has 1 amide bonds. The number of nitrogens with zero attached hydrogens (tertiary/aromatic N) is 1. The molecule has 3 unspecified atom stereocenters. The molecule has 3 aliphatic rings. The number of benzene rings is 1. The van der Waals surface area contributed by atoms with Gasteiger partial charge in [0.15, 0.2) is 0 Å². The summed E-state index contributed by atoms with van der Waals surface area (Å²) in [6, 6.07) is 5.06. The van der Waals surface area contributed by atoms with Gasteiger partial charge in [0.2, 0.25) is 15.9 Å². The quantitative estimate of drug-likeness (QED) is 0.560. The van der Waals surface area contributed by atoms with E-state index in [1.807, 2.05) is 18.7 Å². The first kappa shape index (κ1) is 24.5. The lowest BCUT2D eigenvalue weighted by molar-refractivity contribution is -0.130. The Hall–Kier alpha value is -2.58. The normalized spacial score (nSPS) is 23.6. The Kier molecular flexibility index (Phi) is 7.19. The monoisotopic (exact) mass is 488 g/mol. The summed E-state index contributed by atoms with van der Waals surface area (Å²) >= 11 is 0. The third kappa shape index (κ3) is 5.08. The zero-order valence-corrected chi connectivity index (χ0v) is 21.1. The fourth-order valence-corrected chi connectivity index (χ4v) is 5.32. The van der Waals surface area contributed by atoms with E-state index in [0.29, 0.717) is 17.4 Å². The average molecular weight is 489 g/mol. The number of allylic oxidation sites excluding steroid dienone is 3. The van der Waals surface area contributed by atoms with Gasteiger partial charge in [-0.2, -0.15) is 0 Å². The highest BCUT2D eigenvalue weighted by Crippen LogP contribution is 2.42. The van der Waals surface area contributed by atoms with Crippen molar-refractivity contribution < 1.29 is 20.8 Å². The van der Waals surface area contributed by atoms with Crippen LogP contribution in [0.3, 0.4) is 0 Å². The number of carbonyl (C=O) groups excluding carboxylic acids is 1. The molecule has 1 aromatic rings. The molecule has 0 spiro atoms. The summed E-state index contributed by atoms with van der Waals surface area (Å²) in [5.41, 5.74) is 3.62. The van der Waals surface area contributed by atoms with Crippen molar-refractivity contribution in [3.63, 3.8) is 0 Å². The fraction of sp³-hybridized carbons (Fsp3) is 0.462. The maximum Gasteiger partial charge on any atom is 0.244 e. The van der Waals surface area contributed by atoms with Crippen LogP contribution in [0.1, 0.15) is 48.5 Å². The third-order valence-electron chi connectivity index (χ3n) is 6.99. The van der Waals surface area contributed by atoms with Crippen molar-refractivity contribution in [2.75, 3.05) is 24.1 Å². The van der Waals surface area contributed by atoms with E-state index in [2.05, 4.69) is 36.0 Å². The second-order valence-corrected chi connectivity index (χ2v) is 11.2. The Balaban J connectivity index is 0.00000228. The summed E-state index contributed by atoms with van der Waals surface area (Å²) in [7, 11) is -1.68. The standard InChI is InChI=1S/C26H34N3O4S.2H2/c1-5-17(3)18-7-10-20(11-8-18)33-24-12-9-19(28-34(31,32)6-2)15-22(24)23-16-29(4)26(30)25-21(23)13-14-27-25;;/h7,9-12,15-17,21,25,27-28H,5-6,8,13-14H2,1-4H3;2*1H. The molecule has 34 heavy (non-hydrogen) atoms. The van der Waals surface area contributed by atoms with E-state index in [1.165, 1.54) is 5.57 Å². The molecule has 2 N–H and O–H groups in total. The van der Waals surface area contributed by atoms with Crippen molar-refractivity contribution in [1.29, 1.82) is 0 Å². The smallest absolute Gasteiger partial charge is 0.244 e. The number of nitrogens with one attached hydrogen (secondary N) is 2. The van der Waals surface area contributed by atoms with Crippen molar-refractivity contribution in [1.82, 2.24) is 10.2 Å². The van der Waals surface area contributed by atoms with Gasteiger partial charge in [-0.1, -0.05) is 25.5 Å². The summed E-state index contributed by atoms with van der Waals surface area (Å²) in [4.78, 5) is 14.3. The predicted octanol–water partition coefficient (Wildman–Crippen LogP) is 4.57. The van der Waals surface area contributed by atoms with Crippen molar-refractivity contribution in [2.24, 2.45) is 11.8 Å². The van der Waals surface area contributed by atoms with Crippen molar-refractivity contribution in [2.45, 2.75) is 46.1 Å². The van der Waals surface area contributed by atoms with Gasteiger partial charge < -0.3 is 15.0 Å². The Morgan fingerprint density at radius 1 is 1.32 bits per heavy atom. The molecule has 2 heterocycles. The Morgan fingerprint density at radius 2 is 2.12 bits per heavy atom. The third-order valence-corrected chi connectivity index (χ3v) is 8.29. The van der Waals surface area contributed by atoms with Gasteiger partial charge in [-0.25, -0.2) is 8.42 Å². The molecule has 0 aromatic heterocycles. The molecule has 2 aliphatic heterocycles. The van der Waals surface area contributed by atoms with E-state index in [-0.39, 0.29) is 26.5 Å². The first-order valence-electron chi connectivity index (χ1n) is 12.0. The van der Waals surface area contributed by atoms with Crippen LogP contribution in [0.25, 0.3) is 5.57 Å². The minimum atomic E-state index is -3.43. The number of anilines is 1. The number of ether oxygens (including phenoxy) is 1. The molecule has 1 aliphatic carbocycles. The van der Waals surface area contributed by atoms with Gasteiger partial charge in [0, 0.05) is 39.7 Å². The first-order valence-corrected chi connectivity index (χ1v) is 13.7. The van der Waals surface area contributed by atoms with Crippen LogP contribution in [0.5, 0.6) is 5.75 Å². The molecule has 0 bridgehead atoms. The lowest BCUT2D eigenvalue weighted by Gasteiger charge is -2.32. The molecule has 8 heteroatoms. The predicted molar refractivity (Wildman–Crippen MR) is 140 cm³/mol. The number of hydrogen-bond acceptors (Lipinski definition) is 5. The molecule has 187 valence electrons. The Morgan fingerprint density at radius 3 is 2.79 bits per heavy atom. The number of carbonyl (C=O) groups is 1. The number of fused-ring (bicyclic) bond motifs is 1. The highest BCUT2D eigenvalue weighted by molar-refractivity contribution is 7.92. The van der Waals surface area contributed by atoms with E-state index in [9.17, 15) is 13.2 Å². The number of sulfonamides is 1. The van der Waals surface area contributed by atoms with Crippen LogP contribution >= 0.6 is 0 Å². The second-order valence-electron chi connectivity index (χ2n) is 9.21. The minimum absolute atomic E-state index is 0. The maximum absolute atomic E-state index is 12.7. The number of hydrogen-bond donors (Lipinski definition) is 2. The van der Waals surface area contributed by atoms with Gasteiger partial charge in [-0.3, -0.25) is 9.52 Å². The maximum atomic E-state index is 12.7. The van der Waals surface area contributed by atoms with Gasteiger partial charge >= 0.3 is 0 Å². The summed E-state index contributed by atoms with van der Waals surface area (Å²) < 4.78 is 33.4. The molecule has 1 saturated heterocycles. The van der Waals surface area contributed by atoms with Crippen LogP contribution in [0.2, 0.25) is 0 Å². The molecule has 1 fully saturated rings. The number of likely N-dealkylation sites (N-methyl/N-ethyl adjacent to an activating group) is 1. The highest BCUT2D eigenvalue weighted by Gasteiger charge is 2.41. The van der Waals surface area contributed by atoms with Crippen LogP contribution in [-0.2, 0) is 14.8 Å². The molecular formula is C26H38N3O4S. The van der Waals surface area contributed by atoms with Gasteiger partial charge in [-0.15, -0.1) is 0 Å². The van der Waals surface area contributed by atoms with E-state index < -0.39 is 10.0 Å². The average Bonchev–Trinajstić information content (AvgIpc) is 3.32. The highest BCUT2D eigenvalue weighted by atomic mass is 32.2. The molecule has 1 aromatic carbocycles. The summed E-state index contributed by atoms with van der Waals surface area (Å²) in [6.45, 7) is 6.78. The van der Waals surface area contributed by atoms with Gasteiger partial charge in [-0.05, 0) is 68.5 Å². The molecule has 3 atom stereocenters. The van der Waals surface area contributed by atoms with E-state index >= 15 is 0 Å². The van der Waals surface area contributed by atoms with Crippen LogP contribution < -0.4 is 14.8 Å². The van der Waals surface area contributed by atoms with Crippen molar-refractivity contribution >= 4 is 27.2 Å². The largest absolute Gasteiger partial charge is 0.461 e. The zero-order valence-electron chi connectivity index (χ0n) is 20.3.